The summed E-state index contributed by atoms with van der Waals surface area (Å²) < 4.78 is 27.6. The average molecular weight is 417 g/mol. The first-order valence-electron chi connectivity index (χ1n) is 9.45. The summed E-state index contributed by atoms with van der Waals surface area (Å²) in [4.78, 5) is 28.3. The van der Waals surface area contributed by atoms with Crippen molar-refractivity contribution in [1.29, 1.82) is 0 Å². The molecule has 0 aliphatic carbocycles. The van der Waals surface area contributed by atoms with Crippen LogP contribution in [0.5, 0.6) is 0 Å². The summed E-state index contributed by atoms with van der Waals surface area (Å²) in [6, 6.07) is 8.67. The number of hydrogen-bond donors (Lipinski definition) is 1. The maximum Gasteiger partial charge on any atom is 0.319 e. The second kappa shape index (κ2) is 7.33. The van der Waals surface area contributed by atoms with Crippen molar-refractivity contribution in [2.24, 2.45) is 0 Å². The average Bonchev–Trinajstić information content (AvgIpc) is 3.21. The van der Waals surface area contributed by atoms with Crippen molar-refractivity contribution < 1.29 is 18.4 Å². The molecule has 2 heterocycles. The Labute approximate surface area is 172 Å². The number of nitrogens with zero attached hydrogens (tertiary/aromatic N) is 2. The van der Waals surface area contributed by atoms with E-state index in [-0.39, 0.29) is 24.0 Å². The fraction of sp³-hybridized carbons (Fsp3) is 0.333. The SMILES string of the molecule is CCNC(=O)N1CCSC12C(=O)N(Cc1ccc(F)cc1F)c1ccc(C)cc12. The number of aryl methyl sites for hydroxylation is 1. The van der Waals surface area contributed by atoms with Gasteiger partial charge in [0.1, 0.15) is 11.6 Å². The molecule has 0 aromatic heterocycles. The molecule has 1 unspecified atom stereocenters. The first kappa shape index (κ1) is 19.7. The van der Waals surface area contributed by atoms with Crippen LogP contribution in [0.1, 0.15) is 23.6 Å². The van der Waals surface area contributed by atoms with Crippen molar-refractivity contribution in [3.63, 3.8) is 0 Å². The van der Waals surface area contributed by atoms with Crippen LogP contribution < -0.4 is 10.2 Å². The molecule has 1 fully saturated rings. The second-order valence-corrected chi connectivity index (χ2v) is 8.41. The molecule has 0 radical (unpaired) electrons. The Morgan fingerprint density at radius 2 is 2.03 bits per heavy atom. The Kier molecular flexibility index (Phi) is 4.98. The molecule has 2 aliphatic heterocycles. The highest BCUT2D eigenvalue weighted by Gasteiger charge is 2.59. The highest BCUT2D eigenvalue weighted by atomic mass is 32.2. The van der Waals surface area contributed by atoms with Crippen LogP contribution in [0, 0.1) is 18.6 Å². The van der Waals surface area contributed by atoms with Gasteiger partial charge in [0.15, 0.2) is 4.87 Å². The zero-order valence-corrected chi connectivity index (χ0v) is 17.0. The third kappa shape index (κ3) is 3.06. The zero-order chi connectivity index (χ0) is 20.8. The maximum absolute atomic E-state index is 14.3. The number of thioether (sulfide) groups is 1. The summed E-state index contributed by atoms with van der Waals surface area (Å²) in [6.45, 7) is 4.61. The largest absolute Gasteiger partial charge is 0.338 e. The van der Waals surface area contributed by atoms with Gasteiger partial charge in [0, 0.05) is 36.0 Å². The van der Waals surface area contributed by atoms with E-state index < -0.39 is 16.5 Å². The molecule has 5 nitrogen and oxygen atoms in total. The number of amides is 3. The van der Waals surface area contributed by atoms with Gasteiger partial charge in [-0.1, -0.05) is 23.8 Å². The molecule has 1 N–H and O–H groups in total. The van der Waals surface area contributed by atoms with E-state index in [1.165, 1.54) is 28.8 Å². The first-order chi connectivity index (χ1) is 13.9. The highest BCUT2D eigenvalue weighted by molar-refractivity contribution is 8.01. The summed E-state index contributed by atoms with van der Waals surface area (Å²) >= 11 is 1.42. The molecule has 2 aromatic rings. The second-order valence-electron chi connectivity index (χ2n) is 7.13. The summed E-state index contributed by atoms with van der Waals surface area (Å²) in [7, 11) is 0. The van der Waals surface area contributed by atoms with Crippen molar-refractivity contribution in [2.45, 2.75) is 25.3 Å². The smallest absolute Gasteiger partial charge is 0.319 e. The number of nitrogens with one attached hydrogen (secondary N) is 1. The number of hydrogen-bond acceptors (Lipinski definition) is 3. The van der Waals surface area contributed by atoms with Crippen molar-refractivity contribution in [1.82, 2.24) is 10.2 Å². The number of anilines is 1. The minimum atomic E-state index is -1.17. The Bertz CT molecular complexity index is 1000. The van der Waals surface area contributed by atoms with E-state index >= 15 is 0 Å². The predicted molar refractivity (Wildman–Crippen MR) is 109 cm³/mol. The predicted octanol–water partition coefficient (Wildman–Crippen LogP) is 3.75. The molecular weight excluding hydrogens is 396 g/mol. The van der Waals surface area contributed by atoms with E-state index in [1.54, 1.807) is 4.90 Å². The quantitative estimate of drug-likeness (QED) is 0.828. The van der Waals surface area contributed by atoms with Gasteiger partial charge in [-0.15, -0.1) is 11.8 Å². The van der Waals surface area contributed by atoms with E-state index in [0.717, 1.165) is 17.2 Å². The van der Waals surface area contributed by atoms with Gasteiger partial charge in [0.25, 0.3) is 5.91 Å². The Morgan fingerprint density at radius 3 is 2.76 bits per heavy atom. The number of urea groups is 1. The van der Waals surface area contributed by atoms with Gasteiger partial charge >= 0.3 is 6.03 Å². The Hall–Kier alpha value is -2.61. The monoisotopic (exact) mass is 417 g/mol. The standard InChI is InChI=1S/C21H21F2N3O2S/c1-3-24-20(28)26-8-9-29-21(26)16-10-13(2)4-7-18(16)25(19(21)27)12-14-5-6-15(22)11-17(14)23/h4-7,10-11H,3,8-9,12H2,1-2H3,(H,24,28). The number of benzene rings is 2. The molecular formula is C21H21F2N3O2S. The van der Waals surface area contributed by atoms with Crippen molar-refractivity contribution in [3.8, 4) is 0 Å². The van der Waals surface area contributed by atoms with Gasteiger partial charge in [-0.2, -0.15) is 0 Å². The molecule has 8 heteroatoms. The van der Waals surface area contributed by atoms with Gasteiger partial charge in [-0.3, -0.25) is 9.69 Å². The zero-order valence-electron chi connectivity index (χ0n) is 16.2. The fourth-order valence-corrected chi connectivity index (χ4v) is 5.40. The fourth-order valence-electron chi connectivity index (χ4n) is 3.95. The molecule has 2 aliphatic rings. The van der Waals surface area contributed by atoms with Crippen LogP contribution in [-0.4, -0.2) is 35.7 Å². The third-order valence-corrected chi connectivity index (χ3v) is 6.69. The van der Waals surface area contributed by atoms with Crippen molar-refractivity contribution in [2.75, 3.05) is 23.7 Å². The molecule has 152 valence electrons. The lowest BCUT2D eigenvalue weighted by molar-refractivity contribution is -0.123. The van der Waals surface area contributed by atoms with Gasteiger partial charge in [0.05, 0.1) is 12.2 Å². The number of rotatable bonds is 3. The molecule has 0 saturated carbocycles. The highest BCUT2D eigenvalue weighted by Crippen LogP contribution is 2.54. The molecule has 1 spiro atoms. The van der Waals surface area contributed by atoms with Crippen LogP contribution in [-0.2, 0) is 16.2 Å². The molecule has 1 saturated heterocycles. The van der Waals surface area contributed by atoms with Gasteiger partial charge in [0.2, 0.25) is 0 Å². The van der Waals surface area contributed by atoms with Gasteiger partial charge in [-0.05, 0) is 26.0 Å². The van der Waals surface area contributed by atoms with Crippen LogP contribution in [0.2, 0.25) is 0 Å². The maximum atomic E-state index is 14.3. The van der Waals surface area contributed by atoms with E-state index in [2.05, 4.69) is 5.32 Å². The Balaban J connectivity index is 1.80. The van der Waals surface area contributed by atoms with Crippen LogP contribution >= 0.6 is 11.8 Å². The van der Waals surface area contributed by atoms with Gasteiger partial charge in [-0.25, -0.2) is 13.6 Å². The van der Waals surface area contributed by atoms with Gasteiger partial charge < -0.3 is 10.2 Å². The minimum Gasteiger partial charge on any atom is -0.338 e. The lowest BCUT2D eigenvalue weighted by atomic mass is 10.0. The summed E-state index contributed by atoms with van der Waals surface area (Å²) in [5.74, 6) is -1.03. The number of fused-ring (bicyclic) bond motifs is 2. The lowest BCUT2D eigenvalue weighted by Gasteiger charge is -2.33. The molecule has 2 aromatic carbocycles. The lowest BCUT2D eigenvalue weighted by Crippen LogP contribution is -2.53. The van der Waals surface area contributed by atoms with E-state index in [1.807, 2.05) is 32.0 Å². The molecule has 29 heavy (non-hydrogen) atoms. The number of carbonyl (C=O) groups is 2. The number of halogens is 2. The number of carbonyl (C=O) groups excluding carboxylic acids is 2. The van der Waals surface area contributed by atoms with Crippen LogP contribution in [0.15, 0.2) is 36.4 Å². The van der Waals surface area contributed by atoms with E-state index in [0.29, 0.717) is 24.5 Å². The molecule has 0 bridgehead atoms. The first-order valence-corrected chi connectivity index (χ1v) is 10.4. The third-order valence-electron chi connectivity index (χ3n) is 5.27. The summed E-state index contributed by atoms with van der Waals surface area (Å²) in [5, 5.41) is 2.79. The van der Waals surface area contributed by atoms with E-state index in [9.17, 15) is 18.4 Å². The minimum absolute atomic E-state index is 0.0352. The topological polar surface area (TPSA) is 52.7 Å². The normalized spacial score (nSPS) is 20.5. The Morgan fingerprint density at radius 1 is 1.24 bits per heavy atom. The summed E-state index contributed by atoms with van der Waals surface area (Å²) in [5.41, 5.74) is 2.57. The van der Waals surface area contributed by atoms with Crippen molar-refractivity contribution >= 4 is 29.4 Å². The van der Waals surface area contributed by atoms with Crippen LogP contribution in [0.4, 0.5) is 19.3 Å². The molecule has 3 amide bonds. The molecule has 1 atom stereocenters. The van der Waals surface area contributed by atoms with Crippen LogP contribution in [0.3, 0.4) is 0 Å². The van der Waals surface area contributed by atoms with Crippen LogP contribution in [0.25, 0.3) is 0 Å². The van der Waals surface area contributed by atoms with Crippen molar-refractivity contribution in [3.05, 3.63) is 64.7 Å². The summed E-state index contributed by atoms with van der Waals surface area (Å²) in [6.07, 6.45) is 0. The molecule has 4 rings (SSSR count). The van der Waals surface area contributed by atoms with E-state index in [4.69, 9.17) is 0 Å².